The van der Waals surface area contributed by atoms with Crippen LogP contribution in [0.3, 0.4) is 0 Å². The summed E-state index contributed by atoms with van der Waals surface area (Å²) in [4.78, 5) is 4.33. The van der Waals surface area contributed by atoms with Gasteiger partial charge in [0.05, 0.1) is 23.8 Å². The van der Waals surface area contributed by atoms with Crippen LogP contribution in [0.25, 0.3) is 11.4 Å². The Morgan fingerprint density at radius 2 is 2.18 bits per heavy atom. The average Bonchev–Trinajstić information content (AvgIpc) is 3.00. The van der Waals surface area contributed by atoms with E-state index in [1.165, 1.54) is 0 Å². The molecule has 2 atom stereocenters. The largest absolute Gasteiger partial charge is 0.472 e. The molecule has 5 heteroatoms. The van der Waals surface area contributed by atoms with Crippen LogP contribution in [0.5, 0.6) is 0 Å². The Bertz CT molecular complexity index is 478. The molecule has 0 spiro atoms. The maximum Gasteiger partial charge on any atom is 0.232 e. The number of hydrogen-bond acceptors (Lipinski definition) is 5. The van der Waals surface area contributed by atoms with Crippen LogP contribution in [0, 0.1) is 0 Å². The number of aromatic nitrogens is 2. The van der Waals surface area contributed by atoms with Crippen molar-refractivity contribution in [3.63, 3.8) is 0 Å². The van der Waals surface area contributed by atoms with E-state index in [1.54, 1.807) is 18.6 Å². The third-order valence-corrected chi connectivity index (χ3v) is 3.27. The lowest BCUT2D eigenvalue weighted by Crippen LogP contribution is -2.22. The number of aliphatic hydroxyl groups excluding tert-OH is 1. The Hall–Kier alpha value is -1.62. The Labute approximate surface area is 98.4 Å². The zero-order valence-electron chi connectivity index (χ0n) is 9.37. The van der Waals surface area contributed by atoms with Crippen LogP contribution < -0.4 is 0 Å². The fourth-order valence-corrected chi connectivity index (χ4v) is 2.29. The van der Waals surface area contributed by atoms with E-state index in [0.29, 0.717) is 11.7 Å². The quantitative estimate of drug-likeness (QED) is 0.863. The van der Waals surface area contributed by atoms with Crippen molar-refractivity contribution in [2.75, 3.05) is 0 Å². The highest BCUT2D eigenvalue weighted by molar-refractivity contribution is 5.51. The summed E-state index contributed by atoms with van der Waals surface area (Å²) < 4.78 is 10.2. The Kier molecular flexibility index (Phi) is 2.68. The van der Waals surface area contributed by atoms with Gasteiger partial charge in [-0.15, -0.1) is 0 Å². The molecule has 2 heterocycles. The molecule has 0 saturated heterocycles. The minimum absolute atomic E-state index is 0.0168. The molecule has 1 saturated carbocycles. The zero-order valence-corrected chi connectivity index (χ0v) is 9.37. The highest BCUT2D eigenvalue weighted by Crippen LogP contribution is 2.32. The third-order valence-electron chi connectivity index (χ3n) is 3.27. The van der Waals surface area contributed by atoms with Crippen LogP contribution in [0.4, 0.5) is 0 Å². The first-order valence-corrected chi connectivity index (χ1v) is 5.89. The standard InChI is InChI=1S/C12H14N2O3/c15-10-4-2-1-3-9(10)12-13-11(14-17-12)8-5-6-16-7-8/h5-7,9-10,15H,1-4H2. The van der Waals surface area contributed by atoms with Gasteiger partial charge in [-0.05, 0) is 18.9 Å². The Morgan fingerprint density at radius 1 is 1.29 bits per heavy atom. The van der Waals surface area contributed by atoms with E-state index < -0.39 is 0 Å². The summed E-state index contributed by atoms with van der Waals surface area (Å²) in [7, 11) is 0. The van der Waals surface area contributed by atoms with E-state index in [4.69, 9.17) is 8.94 Å². The second-order valence-electron chi connectivity index (χ2n) is 4.43. The van der Waals surface area contributed by atoms with Crippen LogP contribution in [-0.4, -0.2) is 21.4 Å². The molecule has 1 N–H and O–H groups in total. The lowest BCUT2D eigenvalue weighted by Gasteiger charge is -2.24. The summed E-state index contributed by atoms with van der Waals surface area (Å²) in [5, 5.41) is 13.8. The summed E-state index contributed by atoms with van der Waals surface area (Å²) in [5.41, 5.74) is 0.797. The van der Waals surface area contributed by atoms with Gasteiger partial charge in [-0.1, -0.05) is 18.0 Å². The lowest BCUT2D eigenvalue weighted by atomic mass is 9.86. The van der Waals surface area contributed by atoms with Crippen LogP contribution >= 0.6 is 0 Å². The SMILES string of the molecule is OC1CCCCC1c1nc(-c2ccoc2)no1. The average molecular weight is 234 g/mol. The van der Waals surface area contributed by atoms with Gasteiger partial charge in [-0.2, -0.15) is 4.98 Å². The number of aliphatic hydroxyl groups is 1. The van der Waals surface area contributed by atoms with Gasteiger partial charge in [0.25, 0.3) is 0 Å². The van der Waals surface area contributed by atoms with Crippen molar-refractivity contribution >= 4 is 0 Å². The molecule has 0 aromatic carbocycles. The van der Waals surface area contributed by atoms with Crippen molar-refractivity contribution in [3.05, 3.63) is 24.5 Å². The van der Waals surface area contributed by atoms with Gasteiger partial charge < -0.3 is 14.0 Å². The first-order chi connectivity index (χ1) is 8.34. The fraction of sp³-hybridized carbons (Fsp3) is 0.500. The molecule has 3 rings (SSSR count). The molecular formula is C12H14N2O3. The molecule has 2 unspecified atom stereocenters. The van der Waals surface area contributed by atoms with Gasteiger partial charge >= 0.3 is 0 Å². The predicted octanol–water partition coefficient (Wildman–Crippen LogP) is 2.35. The molecular weight excluding hydrogens is 220 g/mol. The molecule has 1 aliphatic carbocycles. The first kappa shape index (κ1) is 10.5. The van der Waals surface area contributed by atoms with Crippen LogP contribution in [0.1, 0.15) is 37.5 Å². The van der Waals surface area contributed by atoms with Gasteiger partial charge in [0.15, 0.2) is 0 Å². The minimum atomic E-state index is -0.360. The maximum absolute atomic E-state index is 9.92. The molecule has 5 nitrogen and oxygen atoms in total. The highest BCUT2D eigenvalue weighted by Gasteiger charge is 2.29. The van der Waals surface area contributed by atoms with Crippen molar-refractivity contribution < 1.29 is 14.0 Å². The summed E-state index contributed by atoms with van der Waals surface area (Å²) in [5.74, 6) is 1.04. The van der Waals surface area contributed by atoms with Crippen molar-refractivity contribution in [1.82, 2.24) is 10.1 Å². The van der Waals surface area contributed by atoms with Crippen LogP contribution in [0.2, 0.25) is 0 Å². The monoisotopic (exact) mass is 234 g/mol. The van der Waals surface area contributed by atoms with E-state index in [1.807, 2.05) is 0 Å². The fourth-order valence-electron chi connectivity index (χ4n) is 2.29. The van der Waals surface area contributed by atoms with Crippen LogP contribution in [-0.2, 0) is 0 Å². The molecule has 0 amide bonds. The number of furan rings is 1. The summed E-state index contributed by atoms with van der Waals surface area (Å²) >= 11 is 0. The van der Waals surface area contributed by atoms with Gasteiger partial charge in [0.2, 0.25) is 11.7 Å². The molecule has 2 aromatic rings. The smallest absolute Gasteiger partial charge is 0.232 e. The van der Waals surface area contributed by atoms with E-state index in [2.05, 4.69) is 10.1 Å². The van der Waals surface area contributed by atoms with E-state index in [-0.39, 0.29) is 12.0 Å². The highest BCUT2D eigenvalue weighted by atomic mass is 16.5. The maximum atomic E-state index is 9.92. The summed E-state index contributed by atoms with van der Waals surface area (Å²) in [6.45, 7) is 0. The molecule has 0 bridgehead atoms. The molecule has 2 aromatic heterocycles. The molecule has 1 fully saturated rings. The predicted molar refractivity (Wildman–Crippen MR) is 59.2 cm³/mol. The lowest BCUT2D eigenvalue weighted by molar-refractivity contribution is 0.0908. The topological polar surface area (TPSA) is 72.3 Å². The summed E-state index contributed by atoms with van der Waals surface area (Å²) in [6, 6.07) is 1.78. The first-order valence-electron chi connectivity index (χ1n) is 5.89. The van der Waals surface area contributed by atoms with Crippen molar-refractivity contribution in [2.24, 2.45) is 0 Å². The van der Waals surface area contributed by atoms with Gasteiger partial charge in [0.1, 0.15) is 6.26 Å². The van der Waals surface area contributed by atoms with Crippen LogP contribution in [0.15, 0.2) is 27.5 Å². The Balaban J connectivity index is 1.84. The van der Waals surface area contributed by atoms with E-state index in [0.717, 1.165) is 31.2 Å². The Morgan fingerprint density at radius 3 is 2.94 bits per heavy atom. The molecule has 0 aliphatic heterocycles. The van der Waals surface area contributed by atoms with E-state index >= 15 is 0 Å². The van der Waals surface area contributed by atoms with Crippen molar-refractivity contribution in [1.29, 1.82) is 0 Å². The van der Waals surface area contributed by atoms with E-state index in [9.17, 15) is 5.11 Å². The zero-order chi connectivity index (χ0) is 11.7. The van der Waals surface area contributed by atoms with Crippen molar-refractivity contribution in [3.8, 4) is 11.4 Å². The molecule has 17 heavy (non-hydrogen) atoms. The second kappa shape index (κ2) is 4.33. The minimum Gasteiger partial charge on any atom is -0.472 e. The third kappa shape index (κ3) is 1.98. The van der Waals surface area contributed by atoms with Gasteiger partial charge in [0, 0.05) is 0 Å². The molecule has 0 radical (unpaired) electrons. The van der Waals surface area contributed by atoms with Gasteiger partial charge in [-0.3, -0.25) is 0 Å². The molecule has 1 aliphatic rings. The number of nitrogens with zero attached hydrogens (tertiary/aromatic N) is 2. The summed E-state index contributed by atoms with van der Waals surface area (Å²) in [6.07, 6.45) is 6.68. The second-order valence-corrected chi connectivity index (χ2v) is 4.43. The number of hydrogen-bond donors (Lipinski definition) is 1. The van der Waals surface area contributed by atoms with Gasteiger partial charge in [-0.25, -0.2) is 0 Å². The molecule has 90 valence electrons. The number of rotatable bonds is 2. The normalized spacial score (nSPS) is 25.0. The van der Waals surface area contributed by atoms with Crippen molar-refractivity contribution in [2.45, 2.75) is 37.7 Å².